The van der Waals surface area contributed by atoms with E-state index in [-0.39, 0.29) is 31.5 Å². The van der Waals surface area contributed by atoms with E-state index in [0.717, 1.165) is 0 Å². The summed E-state index contributed by atoms with van der Waals surface area (Å²) in [5.74, 6) is 1.69. The van der Waals surface area contributed by atoms with Crippen molar-refractivity contribution in [3.05, 3.63) is 60.4 Å². The number of carbonyl (C=O) groups is 1. The maximum Gasteiger partial charge on any atom is 0.258 e. The highest BCUT2D eigenvalue weighted by Crippen LogP contribution is 2.27. The van der Waals surface area contributed by atoms with Crippen molar-refractivity contribution >= 4 is 11.6 Å². The zero-order chi connectivity index (χ0) is 23.9. The molecule has 2 aromatic carbocycles. The van der Waals surface area contributed by atoms with Crippen LogP contribution in [0.2, 0.25) is 0 Å². The summed E-state index contributed by atoms with van der Waals surface area (Å²) in [5, 5.41) is 15.3. The predicted octanol–water partition coefficient (Wildman–Crippen LogP) is 2.52. The van der Waals surface area contributed by atoms with Crippen molar-refractivity contribution in [3.8, 4) is 34.5 Å². The zero-order valence-corrected chi connectivity index (χ0v) is 18.5. The quantitative estimate of drug-likeness (QED) is 0.355. The number of nitrogens with one attached hydrogen (secondary N) is 1. The van der Waals surface area contributed by atoms with E-state index in [2.05, 4.69) is 20.6 Å². The second-order valence-electron chi connectivity index (χ2n) is 7.01. The van der Waals surface area contributed by atoms with Crippen molar-refractivity contribution in [2.45, 2.75) is 0 Å². The minimum absolute atomic E-state index is 0.178. The van der Waals surface area contributed by atoms with Gasteiger partial charge in [-0.05, 0) is 30.3 Å². The first kappa shape index (κ1) is 22.8. The Bertz CT molecular complexity index is 1260. The Labute approximate surface area is 194 Å². The Balaban J connectivity index is 1.28. The number of amides is 1. The molecule has 1 N–H and O–H groups in total. The van der Waals surface area contributed by atoms with E-state index in [4.69, 9.17) is 18.9 Å². The number of fused-ring (bicyclic) bond motifs is 1. The minimum atomic E-state index is -0.342. The van der Waals surface area contributed by atoms with Gasteiger partial charge in [-0.15, -0.1) is 15.3 Å². The van der Waals surface area contributed by atoms with Crippen LogP contribution < -0.4 is 24.3 Å². The molecule has 2 heterocycles. The molecule has 0 aliphatic heterocycles. The number of aromatic nitrogens is 4. The number of benzene rings is 2. The molecule has 34 heavy (non-hydrogen) atoms. The fourth-order valence-electron chi connectivity index (χ4n) is 3.04. The molecule has 0 radical (unpaired) electrons. The van der Waals surface area contributed by atoms with Gasteiger partial charge in [0, 0.05) is 29.8 Å². The van der Waals surface area contributed by atoms with Crippen LogP contribution in [0.1, 0.15) is 0 Å². The van der Waals surface area contributed by atoms with Gasteiger partial charge in [0.25, 0.3) is 5.91 Å². The van der Waals surface area contributed by atoms with Crippen LogP contribution in [0.5, 0.6) is 23.1 Å². The molecule has 0 atom stereocenters. The molecule has 0 fully saturated rings. The average Bonchev–Trinajstić information content (AvgIpc) is 3.29. The lowest BCUT2D eigenvalue weighted by atomic mass is 10.2. The van der Waals surface area contributed by atoms with Crippen molar-refractivity contribution in [2.24, 2.45) is 0 Å². The molecule has 176 valence electrons. The topological polar surface area (TPSA) is 109 Å². The Morgan fingerprint density at radius 1 is 0.941 bits per heavy atom. The van der Waals surface area contributed by atoms with Crippen LogP contribution in [-0.2, 0) is 4.79 Å². The fourth-order valence-corrected chi connectivity index (χ4v) is 3.04. The first-order valence-electron chi connectivity index (χ1n) is 10.3. The number of nitrogens with zero attached hydrogens (tertiary/aromatic N) is 4. The summed E-state index contributed by atoms with van der Waals surface area (Å²) in [6.07, 6.45) is 0. The second kappa shape index (κ2) is 10.5. The summed E-state index contributed by atoms with van der Waals surface area (Å²) in [6.45, 7) is 0.254. The SMILES string of the molecule is COc1cc(OC)cc(OCC(=O)NCCOc2ccc3nnc(-c4ccc(F)cc4)n3n2)c1. The van der Waals surface area contributed by atoms with Gasteiger partial charge in [-0.1, -0.05) is 0 Å². The Kier molecular flexibility index (Phi) is 7.01. The molecule has 1 amide bonds. The summed E-state index contributed by atoms with van der Waals surface area (Å²) < 4.78 is 36.2. The number of ether oxygens (including phenoxy) is 4. The second-order valence-corrected chi connectivity index (χ2v) is 7.01. The highest BCUT2D eigenvalue weighted by molar-refractivity contribution is 5.77. The van der Waals surface area contributed by atoms with Crippen molar-refractivity contribution in [1.29, 1.82) is 0 Å². The molecule has 4 rings (SSSR count). The summed E-state index contributed by atoms with van der Waals surface area (Å²) >= 11 is 0. The van der Waals surface area contributed by atoms with Crippen molar-refractivity contribution in [3.63, 3.8) is 0 Å². The van der Waals surface area contributed by atoms with Gasteiger partial charge in [-0.2, -0.15) is 4.52 Å². The molecule has 11 heteroatoms. The summed E-state index contributed by atoms with van der Waals surface area (Å²) in [5.41, 5.74) is 1.19. The van der Waals surface area contributed by atoms with Crippen LogP contribution in [-0.4, -0.2) is 59.7 Å². The third-order valence-corrected chi connectivity index (χ3v) is 4.71. The number of hydrogen-bond donors (Lipinski definition) is 1. The van der Waals surface area contributed by atoms with Crippen LogP contribution in [0.4, 0.5) is 4.39 Å². The predicted molar refractivity (Wildman–Crippen MR) is 120 cm³/mol. The maximum atomic E-state index is 13.2. The molecular formula is C23H22FN5O5. The van der Waals surface area contributed by atoms with E-state index in [0.29, 0.717) is 40.2 Å². The van der Waals surface area contributed by atoms with E-state index in [9.17, 15) is 9.18 Å². The summed E-state index contributed by atoms with van der Waals surface area (Å²) in [4.78, 5) is 12.1. The van der Waals surface area contributed by atoms with Crippen LogP contribution in [0.3, 0.4) is 0 Å². The molecule has 0 saturated heterocycles. The summed E-state index contributed by atoms with van der Waals surface area (Å²) in [6, 6.07) is 14.3. The van der Waals surface area contributed by atoms with Crippen LogP contribution in [0, 0.1) is 5.82 Å². The first-order valence-corrected chi connectivity index (χ1v) is 10.3. The normalized spacial score (nSPS) is 10.7. The molecule has 10 nitrogen and oxygen atoms in total. The minimum Gasteiger partial charge on any atom is -0.496 e. The molecule has 0 aliphatic carbocycles. The number of halogens is 1. The lowest BCUT2D eigenvalue weighted by Gasteiger charge is -2.11. The number of rotatable bonds is 10. The van der Waals surface area contributed by atoms with E-state index in [1.807, 2.05) is 0 Å². The monoisotopic (exact) mass is 467 g/mol. The molecular weight excluding hydrogens is 445 g/mol. The van der Waals surface area contributed by atoms with Gasteiger partial charge in [-0.3, -0.25) is 4.79 Å². The Morgan fingerprint density at radius 3 is 2.35 bits per heavy atom. The van der Waals surface area contributed by atoms with Crippen LogP contribution >= 0.6 is 0 Å². The molecule has 0 bridgehead atoms. The molecule has 0 aliphatic rings. The van der Waals surface area contributed by atoms with Crippen LogP contribution in [0.15, 0.2) is 54.6 Å². The van der Waals surface area contributed by atoms with Gasteiger partial charge in [0.05, 0.1) is 20.8 Å². The largest absolute Gasteiger partial charge is 0.496 e. The molecule has 0 spiro atoms. The third-order valence-electron chi connectivity index (χ3n) is 4.71. The first-order chi connectivity index (χ1) is 16.6. The lowest BCUT2D eigenvalue weighted by Crippen LogP contribution is -2.32. The van der Waals surface area contributed by atoms with E-state index in [1.54, 1.807) is 42.5 Å². The smallest absolute Gasteiger partial charge is 0.258 e. The molecule has 0 unspecified atom stereocenters. The van der Waals surface area contributed by atoms with Crippen molar-refractivity contribution in [1.82, 2.24) is 25.1 Å². The number of hydrogen-bond acceptors (Lipinski definition) is 8. The van der Waals surface area contributed by atoms with E-state index in [1.165, 1.54) is 30.9 Å². The van der Waals surface area contributed by atoms with Crippen molar-refractivity contribution < 1.29 is 28.1 Å². The Hall–Kier alpha value is -4.41. The van der Waals surface area contributed by atoms with Gasteiger partial charge in [0.1, 0.15) is 29.7 Å². The highest BCUT2D eigenvalue weighted by Gasteiger charge is 2.11. The standard InChI is InChI=1S/C23H22FN5O5/c1-31-17-11-18(32-2)13-19(12-17)34-14-21(30)25-9-10-33-22-8-7-20-26-27-23(29(20)28-22)15-3-5-16(24)6-4-15/h3-8,11-13H,9-10,14H2,1-2H3,(H,25,30). The van der Waals surface area contributed by atoms with Gasteiger partial charge < -0.3 is 24.3 Å². The lowest BCUT2D eigenvalue weighted by molar-refractivity contribution is -0.123. The highest BCUT2D eigenvalue weighted by atomic mass is 19.1. The number of carbonyl (C=O) groups excluding carboxylic acids is 1. The zero-order valence-electron chi connectivity index (χ0n) is 18.5. The molecule has 4 aromatic rings. The fraction of sp³-hybridized carbons (Fsp3) is 0.217. The maximum absolute atomic E-state index is 13.2. The van der Waals surface area contributed by atoms with Gasteiger partial charge in [-0.25, -0.2) is 4.39 Å². The van der Waals surface area contributed by atoms with Gasteiger partial charge in [0.15, 0.2) is 18.1 Å². The van der Waals surface area contributed by atoms with Gasteiger partial charge in [0.2, 0.25) is 5.88 Å². The summed E-state index contributed by atoms with van der Waals surface area (Å²) in [7, 11) is 3.07. The average molecular weight is 467 g/mol. The van der Waals surface area contributed by atoms with Crippen molar-refractivity contribution in [2.75, 3.05) is 34.0 Å². The van der Waals surface area contributed by atoms with Gasteiger partial charge >= 0.3 is 0 Å². The Morgan fingerprint density at radius 2 is 1.65 bits per heavy atom. The third kappa shape index (κ3) is 5.49. The van der Waals surface area contributed by atoms with E-state index < -0.39 is 0 Å². The van der Waals surface area contributed by atoms with Crippen LogP contribution in [0.25, 0.3) is 17.0 Å². The molecule has 0 saturated carbocycles. The molecule has 2 aromatic heterocycles. The number of methoxy groups -OCH3 is 2. The van der Waals surface area contributed by atoms with E-state index >= 15 is 0 Å².